The number of benzene rings is 1. The van der Waals surface area contributed by atoms with Crippen molar-refractivity contribution >= 4 is 29.2 Å². The molecule has 0 bridgehead atoms. The van der Waals surface area contributed by atoms with Crippen LogP contribution in [0.2, 0.25) is 0 Å². The summed E-state index contributed by atoms with van der Waals surface area (Å²) in [7, 11) is 0. The van der Waals surface area contributed by atoms with Crippen LogP contribution in [0, 0.1) is 5.92 Å². The zero-order valence-corrected chi connectivity index (χ0v) is 16.4. The Labute approximate surface area is 169 Å². The Morgan fingerprint density at radius 1 is 1.07 bits per heavy atom. The molecule has 0 radical (unpaired) electrons. The molecule has 0 aliphatic carbocycles. The van der Waals surface area contributed by atoms with E-state index in [0.29, 0.717) is 16.8 Å². The average Bonchev–Trinajstić information content (AvgIpc) is 2.98. The van der Waals surface area contributed by atoms with E-state index >= 15 is 0 Å². The Bertz CT molecular complexity index is 898. The van der Waals surface area contributed by atoms with Crippen molar-refractivity contribution in [1.82, 2.24) is 9.88 Å². The fraction of sp³-hybridized carbons (Fsp3) is 0.364. The molecule has 0 spiro atoms. The first-order valence-electron chi connectivity index (χ1n) is 9.99. The maximum Gasteiger partial charge on any atom is 0.261 e. The summed E-state index contributed by atoms with van der Waals surface area (Å²) in [4.78, 5) is 44.8. The Morgan fingerprint density at radius 2 is 1.72 bits per heavy atom. The van der Waals surface area contributed by atoms with Gasteiger partial charge in [0.1, 0.15) is 5.82 Å². The van der Waals surface area contributed by atoms with E-state index in [2.05, 4.69) is 22.1 Å². The number of amides is 3. The molecule has 150 valence electrons. The molecule has 3 amide bonds. The first-order chi connectivity index (χ1) is 14.0. The maximum atomic E-state index is 12.3. The smallest absolute Gasteiger partial charge is 0.261 e. The van der Waals surface area contributed by atoms with Gasteiger partial charge in [0, 0.05) is 26.1 Å². The van der Waals surface area contributed by atoms with Crippen LogP contribution < -0.4 is 10.2 Å². The third-order valence-corrected chi connectivity index (χ3v) is 5.58. The summed E-state index contributed by atoms with van der Waals surface area (Å²) >= 11 is 0. The zero-order chi connectivity index (χ0) is 20.4. The lowest BCUT2D eigenvalue weighted by atomic mass is 9.99. The monoisotopic (exact) mass is 392 g/mol. The molecule has 1 N–H and O–H groups in total. The minimum absolute atomic E-state index is 0.0389. The molecule has 0 atom stereocenters. The van der Waals surface area contributed by atoms with Crippen molar-refractivity contribution in [3.8, 4) is 0 Å². The van der Waals surface area contributed by atoms with Crippen LogP contribution in [0.25, 0.3) is 0 Å². The van der Waals surface area contributed by atoms with Gasteiger partial charge in [-0.1, -0.05) is 19.1 Å². The van der Waals surface area contributed by atoms with Crippen molar-refractivity contribution in [2.75, 3.05) is 29.9 Å². The van der Waals surface area contributed by atoms with Gasteiger partial charge < -0.3 is 10.2 Å². The quantitative estimate of drug-likeness (QED) is 0.791. The van der Waals surface area contributed by atoms with E-state index in [0.717, 1.165) is 42.6 Å². The molecule has 2 aliphatic rings. The molecule has 1 saturated heterocycles. The number of rotatable bonds is 5. The molecule has 3 heterocycles. The first-order valence-corrected chi connectivity index (χ1v) is 9.99. The van der Waals surface area contributed by atoms with Crippen LogP contribution in [0.1, 0.15) is 46.9 Å². The van der Waals surface area contributed by atoms with Gasteiger partial charge in [-0.2, -0.15) is 0 Å². The number of carbonyl (C=O) groups excluding carboxylic acids is 3. The van der Waals surface area contributed by atoms with Crippen LogP contribution in [0.15, 0.2) is 42.6 Å². The number of carbonyl (C=O) groups is 3. The van der Waals surface area contributed by atoms with Crippen molar-refractivity contribution < 1.29 is 14.4 Å². The maximum absolute atomic E-state index is 12.3. The molecule has 1 aromatic heterocycles. The summed E-state index contributed by atoms with van der Waals surface area (Å²) in [6, 6.07) is 10.5. The molecular weight excluding hydrogens is 368 g/mol. The number of piperidine rings is 1. The SMILES string of the molecule is CC1CCN(c2ccc(NC(=O)CCN3C(=O)c4ccccc4C3=O)cn2)CC1. The van der Waals surface area contributed by atoms with Gasteiger partial charge in [0.15, 0.2) is 0 Å². The minimum atomic E-state index is -0.347. The van der Waals surface area contributed by atoms with E-state index in [1.165, 1.54) is 0 Å². The Kier molecular flexibility index (Phi) is 5.29. The van der Waals surface area contributed by atoms with Crippen molar-refractivity contribution in [2.24, 2.45) is 5.92 Å². The number of nitrogens with one attached hydrogen (secondary N) is 1. The van der Waals surface area contributed by atoms with Crippen LogP contribution in [0.5, 0.6) is 0 Å². The van der Waals surface area contributed by atoms with E-state index in [-0.39, 0.29) is 30.7 Å². The number of pyridine rings is 1. The molecule has 1 fully saturated rings. The molecule has 7 nitrogen and oxygen atoms in total. The summed E-state index contributed by atoms with van der Waals surface area (Å²) in [6.07, 6.45) is 4.01. The highest BCUT2D eigenvalue weighted by Gasteiger charge is 2.34. The van der Waals surface area contributed by atoms with E-state index in [1.807, 2.05) is 12.1 Å². The first kappa shape index (κ1) is 19.1. The van der Waals surface area contributed by atoms with Crippen LogP contribution in [-0.4, -0.2) is 47.2 Å². The van der Waals surface area contributed by atoms with Gasteiger partial charge >= 0.3 is 0 Å². The van der Waals surface area contributed by atoms with Gasteiger partial charge in [0.2, 0.25) is 5.91 Å². The topological polar surface area (TPSA) is 82.6 Å². The molecule has 7 heteroatoms. The Balaban J connectivity index is 1.30. The largest absolute Gasteiger partial charge is 0.357 e. The molecule has 0 saturated carbocycles. The average molecular weight is 392 g/mol. The predicted molar refractivity (Wildman–Crippen MR) is 110 cm³/mol. The Hall–Kier alpha value is -3.22. The van der Waals surface area contributed by atoms with Gasteiger partial charge in [-0.15, -0.1) is 0 Å². The molecule has 0 unspecified atom stereocenters. The van der Waals surface area contributed by atoms with E-state index in [9.17, 15) is 14.4 Å². The number of hydrogen-bond acceptors (Lipinski definition) is 5. The van der Waals surface area contributed by atoms with E-state index < -0.39 is 0 Å². The number of imide groups is 1. The van der Waals surface area contributed by atoms with Gasteiger partial charge in [-0.05, 0) is 43.0 Å². The Morgan fingerprint density at radius 3 is 2.31 bits per heavy atom. The highest BCUT2D eigenvalue weighted by molar-refractivity contribution is 6.21. The summed E-state index contributed by atoms with van der Waals surface area (Å²) in [5.74, 6) is 0.719. The van der Waals surface area contributed by atoms with Crippen molar-refractivity contribution in [1.29, 1.82) is 0 Å². The number of anilines is 2. The molecule has 2 aromatic rings. The summed E-state index contributed by atoms with van der Waals surface area (Å²) in [6.45, 7) is 4.32. The van der Waals surface area contributed by atoms with Crippen LogP contribution in [0.3, 0.4) is 0 Å². The molecular formula is C22H24N4O3. The van der Waals surface area contributed by atoms with Gasteiger partial charge in [-0.25, -0.2) is 4.98 Å². The lowest BCUT2D eigenvalue weighted by Gasteiger charge is -2.31. The number of fused-ring (bicyclic) bond motifs is 1. The predicted octanol–water partition coefficient (Wildman–Crippen LogP) is 2.94. The van der Waals surface area contributed by atoms with E-state index in [4.69, 9.17) is 0 Å². The third kappa shape index (κ3) is 3.99. The van der Waals surface area contributed by atoms with Crippen molar-refractivity contribution in [2.45, 2.75) is 26.2 Å². The molecule has 1 aromatic carbocycles. The normalized spacial score (nSPS) is 16.9. The zero-order valence-electron chi connectivity index (χ0n) is 16.4. The highest BCUT2D eigenvalue weighted by atomic mass is 16.2. The summed E-state index contributed by atoms with van der Waals surface area (Å²) < 4.78 is 0. The number of aromatic nitrogens is 1. The van der Waals surface area contributed by atoms with E-state index in [1.54, 1.807) is 30.5 Å². The second kappa shape index (κ2) is 8.03. The van der Waals surface area contributed by atoms with Crippen LogP contribution >= 0.6 is 0 Å². The van der Waals surface area contributed by atoms with Crippen LogP contribution in [-0.2, 0) is 4.79 Å². The van der Waals surface area contributed by atoms with Gasteiger partial charge in [0.05, 0.1) is 23.0 Å². The second-order valence-electron chi connectivity index (χ2n) is 7.68. The fourth-order valence-electron chi connectivity index (χ4n) is 3.76. The number of nitrogens with zero attached hydrogens (tertiary/aromatic N) is 3. The number of hydrogen-bond donors (Lipinski definition) is 1. The van der Waals surface area contributed by atoms with Crippen LogP contribution in [0.4, 0.5) is 11.5 Å². The highest BCUT2D eigenvalue weighted by Crippen LogP contribution is 2.23. The lowest BCUT2D eigenvalue weighted by molar-refractivity contribution is -0.116. The van der Waals surface area contributed by atoms with Crippen molar-refractivity contribution in [3.63, 3.8) is 0 Å². The summed E-state index contributed by atoms with van der Waals surface area (Å²) in [5, 5.41) is 2.78. The lowest BCUT2D eigenvalue weighted by Crippen LogP contribution is -2.33. The third-order valence-electron chi connectivity index (χ3n) is 5.58. The second-order valence-corrected chi connectivity index (χ2v) is 7.68. The molecule has 2 aliphatic heterocycles. The van der Waals surface area contributed by atoms with Gasteiger partial charge in [0.25, 0.3) is 11.8 Å². The standard InChI is InChI=1S/C22H24N4O3/c1-15-8-11-25(12-9-15)19-7-6-16(14-23-19)24-20(27)10-13-26-21(28)17-4-2-3-5-18(17)22(26)29/h2-7,14-15H,8-13H2,1H3,(H,24,27). The molecule has 4 rings (SSSR count). The fourth-order valence-corrected chi connectivity index (χ4v) is 3.76. The van der Waals surface area contributed by atoms with Gasteiger partial charge in [-0.3, -0.25) is 19.3 Å². The molecule has 29 heavy (non-hydrogen) atoms. The summed E-state index contributed by atoms with van der Waals surface area (Å²) in [5.41, 5.74) is 1.39. The minimum Gasteiger partial charge on any atom is -0.357 e. The van der Waals surface area contributed by atoms with Crippen molar-refractivity contribution in [3.05, 3.63) is 53.7 Å².